The fraction of sp³-hybridized carbons (Fsp3) is 0.500. The van der Waals surface area contributed by atoms with Crippen LogP contribution >= 0.6 is 11.3 Å². The van der Waals surface area contributed by atoms with E-state index in [4.69, 9.17) is 0 Å². The summed E-state index contributed by atoms with van der Waals surface area (Å²) in [5, 5.41) is 2.06. The lowest BCUT2D eigenvalue weighted by atomic mass is 9.92. The smallest absolute Gasteiger partial charge is 0.226 e. The molecule has 2 bridgehead atoms. The largest absolute Gasteiger partial charge is 0.340 e. The van der Waals surface area contributed by atoms with Gasteiger partial charge in [0.25, 0.3) is 0 Å². The molecule has 1 amide bonds. The molecule has 2 aliphatic carbocycles. The van der Waals surface area contributed by atoms with Crippen LogP contribution in [0.5, 0.6) is 0 Å². The van der Waals surface area contributed by atoms with Gasteiger partial charge in [0.15, 0.2) is 0 Å². The Labute approximate surface area is 106 Å². The van der Waals surface area contributed by atoms with Gasteiger partial charge in [-0.05, 0) is 36.1 Å². The summed E-state index contributed by atoms with van der Waals surface area (Å²) in [4.78, 5) is 15.5. The maximum atomic E-state index is 12.4. The second-order valence-corrected chi connectivity index (χ2v) is 6.19. The molecule has 1 heterocycles. The summed E-state index contributed by atoms with van der Waals surface area (Å²) in [7, 11) is 1.93. The first kappa shape index (κ1) is 11.0. The van der Waals surface area contributed by atoms with Gasteiger partial charge in [-0.25, -0.2) is 0 Å². The van der Waals surface area contributed by atoms with Crippen LogP contribution in [-0.4, -0.2) is 17.9 Å². The molecule has 90 valence electrons. The summed E-state index contributed by atoms with van der Waals surface area (Å²) >= 11 is 1.72. The SMILES string of the molecule is CN(Cc1cccs1)C(=O)[C@@H]1CC2C=CC1C2. The van der Waals surface area contributed by atoms with Crippen LogP contribution in [0.1, 0.15) is 17.7 Å². The summed E-state index contributed by atoms with van der Waals surface area (Å²) in [6, 6.07) is 4.13. The predicted molar refractivity (Wildman–Crippen MR) is 69.6 cm³/mol. The molecule has 0 N–H and O–H groups in total. The first-order valence-electron chi connectivity index (χ1n) is 6.19. The number of allylic oxidation sites excluding steroid dienone is 2. The molecule has 3 atom stereocenters. The minimum Gasteiger partial charge on any atom is -0.340 e. The van der Waals surface area contributed by atoms with Crippen LogP contribution in [0.3, 0.4) is 0 Å². The summed E-state index contributed by atoms with van der Waals surface area (Å²) < 4.78 is 0. The molecule has 2 nitrogen and oxygen atoms in total. The Balaban J connectivity index is 1.64. The molecular weight excluding hydrogens is 230 g/mol. The molecule has 1 saturated carbocycles. The van der Waals surface area contributed by atoms with Gasteiger partial charge in [0.1, 0.15) is 0 Å². The Bertz CT molecular complexity index is 437. The highest BCUT2D eigenvalue weighted by atomic mass is 32.1. The van der Waals surface area contributed by atoms with Crippen molar-refractivity contribution < 1.29 is 4.79 Å². The molecule has 3 heteroatoms. The van der Waals surface area contributed by atoms with E-state index in [1.807, 2.05) is 18.0 Å². The Morgan fingerprint density at radius 3 is 2.94 bits per heavy atom. The fourth-order valence-electron chi connectivity index (χ4n) is 3.06. The molecular formula is C14H17NOS. The highest BCUT2D eigenvalue weighted by Gasteiger charge is 2.40. The van der Waals surface area contributed by atoms with Crippen LogP contribution in [0.25, 0.3) is 0 Å². The number of thiophene rings is 1. The summed E-state index contributed by atoms with van der Waals surface area (Å²) in [6.07, 6.45) is 6.79. The molecule has 0 aliphatic heterocycles. The average Bonchev–Trinajstić information content (AvgIpc) is 3.04. The van der Waals surface area contributed by atoms with E-state index < -0.39 is 0 Å². The summed E-state index contributed by atoms with van der Waals surface area (Å²) in [5.41, 5.74) is 0. The number of amides is 1. The third-order valence-corrected chi connectivity index (χ3v) is 4.81. The molecule has 0 aromatic carbocycles. The van der Waals surface area contributed by atoms with Crippen LogP contribution in [0.15, 0.2) is 29.7 Å². The van der Waals surface area contributed by atoms with Crippen molar-refractivity contribution in [1.82, 2.24) is 4.90 Å². The predicted octanol–water partition coefficient (Wildman–Crippen LogP) is 2.92. The van der Waals surface area contributed by atoms with Gasteiger partial charge in [0.2, 0.25) is 5.91 Å². The Hall–Kier alpha value is -1.09. The van der Waals surface area contributed by atoms with Gasteiger partial charge < -0.3 is 4.90 Å². The van der Waals surface area contributed by atoms with E-state index in [1.165, 1.54) is 11.3 Å². The van der Waals surface area contributed by atoms with Gasteiger partial charge in [-0.3, -0.25) is 4.79 Å². The van der Waals surface area contributed by atoms with E-state index in [0.717, 1.165) is 13.0 Å². The molecule has 17 heavy (non-hydrogen) atoms. The molecule has 1 aromatic heterocycles. The van der Waals surface area contributed by atoms with E-state index in [9.17, 15) is 4.79 Å². The number of fused-ring (bicyclic) bond motifs is 2. The van der Waals surface area contributed by atoms with Crippen molar-refractivity contribution in [2.45, 2.75) is 19.4 Å². The molecule has 0 spiro atoms. The van der Waals surface area contributed by atoms with Crippen molar-refractivity contribution in [1.29, 1.82) is 0 Å². The van der Waals surface area contributed by atoms with E-state index in [1.54, 1.807) is 11.3 Å². The number of rotatable bonds is 3. The highest BCUT2D eigenvalue weighted by molar-refractivity contribution is 7.09. The van der Waals surface area contributed by atoms with Crippen LogP contribution in [0, 0.1) is 17.8 Å². The quantitative estimate of drug-likeness (QED) is 0.752. The van der Waals surface area contributed by atoms with Crippen LogP contribution in [0.4, 0.5) is 0 Å². The van der Waals surface area contributed by atoms with Gasteiger partial charge >= 0.3 is 0 Å². The molecule has 0 saturated heterocycles. The number of hydrogen-bond donors (Lipinski definition) is 0. The second kappa shape index (κ2) is 4.30. The lowest BCUT2D eigenvalue weighted by Crippen LogP contribution is -2.34. The van der Waals surface area contributed by atoms with E-state index >= 15 is 0 Å². The average molecular weight is 247 g/mol. The topological polar surface area (TPSA) is 20.3 Å². The lowest BCUT2D eigenvalue weighted by molar-refractivity contribution is -0.135. The zero-order valence-electron chi connectivity index (χ0n) is 10.0. The van der Waals surface area contributed by atoms with Crippen molar-refractivity contribution in [3.8, 4) is 0 Å². The first-order valence-corrected chi connectivity index (χ1v) is 7.07. The van der Waals surface area contributed by atoms with E-state index in [0.29, 0.717) is 17.7 Å². The summed E-state index contributed by atoms with van der Waals surface area (Å²) in [5.74, 6) is 1.76. The van der Waals surface area contributed by atoms with Crippen molar-refractivity contribution in [2.24, 2.45) is 17.8 Å². The Kier molecular flexibility index (Phi) is 2.79. The number of nitrogens with zero attached hydrogens (tertiary/aromatic N) is 1. The Morgan fingerprint density at radius 2 is 2.35 bits per heavy atom. The zero-order chi connectivity index (χ0) is 11.8. The van der Waals surface area contributed by atoms with Crippen molar-refractivity contribution in [3.63, 3.8) is 0 Å². The zero-order valence-corrected chi connectivity index (χ0v) is 10.8. The van der Waals surface area contributed by atoms with E-state index in [2.05, 4.69) is 23.6 Å². The molecule has 2 aliphatic rings. The second-order valence-electron chi connectivity index (χ2n) is 5.16. The third kappa shape index (κ3) is 2.04. The van der Waals surface area contributed by atoms with Crippen molar-refractivity contribution in [2.75, 3.05) is 7.05 Å². The monoisotopic (exact) mass is 247 g/mol. The highest BCUT2D eigenvalue weighted by Crippen LogP contribution is 2.44. The van der Waals surface area contributed by atoms with Gasteiger partial charge in [-0.1, -0.05) is 18.2 Å². The summed E-state index contributed by atoms with van der Waals surface area (Å²) in [6.45, 7) is 0.758. The van der Waals surface area contributed by atoms with Crippen molar-refractivity contribution >= 4 is 17.2 Å². The maximum Gasteiger partial charge on any atom is 0.226 e. The van der Waals surface area contributed by atoms with E-state index in [-0.39, 0.29) is 5.92 Å². The third-order valence-electron chi connectivity index (χ3n) is 3.95. The molecule has 3 rings (SSSR count). The number of carbonyl (C=O) groups excluding carboxylic acids is 1. The standard InChI is InChI=1S/C14H17NOS/c1-15(9-12-3-2-6-17-12)14(16)13-8-10-4-5-11(13)7-10/h2-6,10-11,13H,7-9H2,1H3/t10?,11?,13-/m1/s1. The van der Waals surface area contributed by atoms with Gasteiger partial charge in [0, 0.05) is 17.8 Å². The first-order chi connectivity index (χ1) is 8.24. The van der Waals surface area contributed by atoms with Crippen LogP contribution in [0.2, 0.25) is 0 Å². The maximum absolute atomic E-state index is 12.4. The molecule has 1 fully saturated rings. The molecule has 1 aromatic rings. The normalized spacial score (nSPS) is 29.8. The molecule has 2 unspecified atom stereocenters. The Morgan fingerprint density at radius 1 is 1.47 bits per heavy atom. The van der Waals surface area contributed by atoms with Crippen LogP contribution < -0.4 is 0 Å². The minimum absolute atomic E-state index is 0.245. The van der Waals surface area contributed by atoms with Crippen LogP contribution in [-0.2, 0) is 11.3 Å². The minimum atomic E-state index is 0.245. The fourth-order valence-corrected chi connectivity index (χ4v) is 3.82. The number of carbonyl (C=O) groups is 1. The van der Waals surface area contributed by atoms with Gasteiger partial charge in [0.05, 0.1) is 6.54 Å². The van der Waals surface area contributed by atoms with Gasteiger partial charge in [-0.2, -0.15) is 0 Å². The lowest BCUT2D eigenvalue weighted by Gasteiger charge is -2.24. The van der Waals surface area contributed by atoms with Crippen molar-refractivity contribution in [3.05, 3.63) is 34.5 Å². The number of hydrogen-bond acceptors (Lipinski definition) is 2. The van der Waals surface area contributed by atoms with Gasteiger partial charge in [-0.15, -0.1) is 11.3 Å². The molecule has 0 radical (unpaired) electrons.